The molecule has 13 heteroatoms. The van der Waals surface area contributed by atoms with E-state index in [0.29, 0.717) is 5.01 Å². The molecule has 4 rings (SSSR count). The van der Waals surface area contributed by atoms with Gasteiger partial charge in [0, 0.05) is 32.2 Å². The normalized spacial score (nSPS) is 21.2. The van der Waals surface area contributed by atoms with Crippen LogP contribution < -0.4 is 10.0 Å². The second-order valence-corrected chi connectivity index (χ2v) is 10.3. The number of likely N-dealkylation sites (N-methyl/N-ethyl adjacent to an activating group) is 1. The van der Waals surface area contributed by atoms with Gasteiger partial charge in [-0.05, 0) is 24.6 Å². The third-order valence-electron chi connectivity index (χ3n) is 4.84. The van der Waals surface area contributed by atoms with Crippen LogP contribution in [-0.2, 0) is 22.1 Å². The van der Waals surface area contributed by atoms with Crippen molar-refractivity contribution in [3.05, 3.63) is 52.8 Å². The van der Waals surface area contributed by atoms with E-state index in [1.165, 1.54) is 30.5 Å². The summed E-state index contributed by atoms with van der Waals surface area (Å²) in [5, 5.41) is 2.98. The summed E-state index contributed by atoms with van der Waals surface area (Å²) in [6.45, 7) is 0. The fourth-order valence-corrected chi connectivity index (χ4v) is 5.63. The molecule has 2 aromatic heterocycles. The molecule has 1 aliphatic rings. The Kier molecular flexibility index (Phi) is 5.83. The predicted molar refractivity (Wildman–Crippen MR) is 115 cm³/mol. The Bertz CT molecular complexity index is 1240. The molecule has 1 aliphatic heterocycles. The summed E-state index contributed by atoms with van der Waals surface area (Å²) in [6, 6.07) is 2.06. The first-order chi connectivity index (χ1) is 14.6. The molecule has 164 valence electrons. The van der Waals surface area contributed by atoms with Crippen molar-refractivity contribution in [3.63, 3.8) is 0 Å². The molecule has 0 unspecified atom stereocenters. The Hall–Kier alpha value is -2.38. The number of anilines is 1. The van der Waals surface area contributed by atoms with Crippen LogP contribution in [0.3, 0.4) is 0 Å². The molecule has 9 nitrogen and oxygen atoms in total. The number of rotatable bonds is 4. The van der Waals surface area contributed by atoms with Crippen molar-refractivity contribution in [1.82, 2.24) is 23.6 Å². The highest BCUT2D eigenvalue weighted by atomic mass is 35.5. The zero-order chi connectivity index (χ0) is 22.3. The van der Waals surface area contributed by atoms with Gasteiger partial charge in [0.25, 0.3) is 10.2 Å². The smallest absolute Gasteiger partial charge is 0.280 e. The summed E-state index contributed by atoms with van der Waals surface area (Å²) in [7, 11) is -0.759. The summed E-state index contributed by atoms with van der Waals surface area (Å²) >= 11 is 7.06. The highest BCUT2D eigenvalue weighted by Crippen LogP contribution is 2.34. The van der Waals surface area contributed by atoms with Gasteiger partial charge in [-0.2, -0.15) is 17.4 Å². The third kappa shape index (κ3) is 4.48. The maximum atomic E-state index is 13.4. The first-order valence-electron chi connectivity index (χ1n) is 9.09. The van der Waals surface area contributed by atoms with E-state index in [-0.39, 0.29) is 17.1 Å². The van der Waals surface area contributed by atoms with Gasteiger partial charge in [0.2, 0.25) is 5.91 Å². The number of benzene rings is 1. The molecule has 0 aliphatic carbocycles. The standard InChI is InChI=1S/C18H18ClFN6O3S2/c1-25-8-14(22-9-25)16-7-21-18(30-16)13-6-15(26(2)31(28,29)24-13)17(27)23-10-3-4-12(20)11(19)5-10/h3-5,7-9,13,15,24H,6H2,1-2H3,(H,23,27)/t13-,15-/m0/s1. The predicted octanol–water partition coefficient (Wildman–Crippen LogP) is 2.55. The number of carbonyl (C=O) groups is 1. The Labute approximate surface area is 187 Å². The van der Waals surface area contributed by atoms with E-state index in [0.717, 1.165) is 20.9 Å². The fraction of sp³-hybridized carbons (Fsp3) is 0.278. The van der Waals surface area contributed by atoms with E-state index in [1.807, 2.05) is 13.2 Å². The lowest BCUT2D eigenvalue weighted by Crippen LogP contribution is -2.55. The van der Waals surface area contributed by atoms with Crippen LogP contribution in [0.2, 0.25) is 5.02 Å². The minimum Gasteiger partial charge on any atom is -0.340 e. The number of aryl methyl sites for hydroxylation is 1. The van der Waals surface area contributed by atoms with Gasteiger partial charge >= 0.3 is 0 Å². The Balaban J connectivity index is 1.57. The SMILES string of the molecule is CN1[C@H](C(=O)Nc2ccc(F)c(Cl)c2)C[C@@H](c2ncc(-c3cn(C)cn3)s2)NS1(=O)=O. The van der Waals surface area contributed by atoms with Gasteiger partial charge < -0.3 is 9.88 Å². The van der Waals surface area contributed by atoms with E-state index < -0.39 is 34.0 Å². The summed E-state index contributed by atoms with van der Waals surface area (Å²) in [5.74, 6) is -1.17. The van der Waals surface area contributed by atoms with Crippen molar-refractivity contribution < 1.29 is 17.6 Å². The molecular formula is C18H18ClFN6O3S2. The number of amides is 1. The minimum atomic E-state index is -3.93. The van der Waals surface area contributed by atoms with Crippen molar-refractivity contribution in [3.8, 4) is 10.6 Å². The van der Waals surface area contributed by atoms with Crippen LogP contribution >= 0.6 is 22.9 Å². The molecule has 1 fully saturated rings. The van der Waals surface area contributed by atoms with E-state index in [9.17, 15) is 17.6 Å². The largest absolute Gasteiger partial charge is 0.340 e. The number of thiazole rings is 1. The van der Waals surface area contributed by atoms with Crippen LogP contribution in [0.5, 0.6) is 0 Å². The van der Waals surface area contributed by atoms with Gasteiger partial charge in [-0.25, -0.2) is 14.4 Å². The van der Waals surface area contributed by atoms with Crippen LogP contribution in [0.25, 0.3) is 10.6 Å². The van der Waals surface area contributed by atoms with E-state index >= 15 is 0 Å². The molecule has 3 aromatic rings. The average Bonchev–Trinajstić information content (AvgIpc) is 3.35. The molecule has 3 heterocycles. The zero-order valence-corrected chi connectivity index (χ0v) is 18.8. The maximum absolute atomic E-state index is 13.4. The van der Waals surface area contributed by atoms with Gasteiger partial charge in [0.1, 0.15) is 16.9 Å². The lowest BCUT2D eigenvalue weighted by atomic mass is 10.1. The Morgan fingerprint density at radius 2 is 2.13 bits per heavy atom. The molecule has 0 radical (unpaired) electrons. The topological polar surface area (TPSA) is 109 Å². The number of hydrogen-bond donors (Lipinski definition) is 2. The Morgan fingerprint density at radius 3 is 2.81 bits per heavy atom. The van der Waals surface area contributed by atoms with Gasteiger partial charge in [-0.15, -0.1) is 11.3 Å². The lowest BCUT2D eigenvalue weighted by molar-refractivity contribution is -0.120. The highest BCUT2D eigenvalue weighted by molar-refractivity contribution is 7.87. The zero-order valence-electron chi connectivity index (χ0n) is 16.4. The first kappa shape index (κ1) is 21.8. The molecular weight excluding hydrogens is 467 g/mol. The Morgan fingerprint density at radius 1 is 1.35 bits per heavy atom. The quantitative estimate of drug-likeness (QED) is 0.591. The van der Waals surface area contributed by atoms with Crippen molar-refractivity contribution in [2.45, 2.75) is 18.5 Å². The number of nitrogens with one attached hydrogen (secondary N) is 2. The van der Waals surface area contributed by atoms with Gasteiger partial charge in [-0.1, -0.05) is 11.6 Å². The number of imidazole rings is 1. The molecule has 1 aromatic carbocycles. The number of nitrogens with zero attached hydrogens (tertiary/aromatic N) is 4. The summed E-state index contributed by atoms with van der Waals surface area (Å²) < 4.78 is 44.0. The summed E-state index contributed by atoms with van der Waals surface area (Å²) in [4.78, 5) is 22.3. The van der Waals surface area contributed by atoms with E-state index in [4.69, 9.17) is 11.6 Å². The molecule has 31 heavy (non-hydrogen) atoms. The lowest BCUT2D eigenvalue weighted by Gasteiger charge is -2.35. The number of carbonyl (C=O) groups excluding carboxylic acids is 1. The molecule has 0 bridgehead atoms. The summed E-state index contributed by atoms with van der Waals surface area (Å²) in [5.41, 5.74) is 0.994. The number of aromatic nitrogens is 3. The molecule has 1 saturated heterocycles. The molecule has 2 N–H and O–H groups in total. The molecule has 0 spiro atoms. The van der Waals surface area contributed by atoms with Gasteiger partial charge in [-0.3, -0.25) is 4.79 Å². The van der Waals surface area contributed by atoms with E-state index in [1.54, 1.807) is 17.1 Å². The van der Waals surface area contributed by atoms with Crippen molar-refractivity contribution >= 4 is 44.7 Å². The van der Waals surface area contributed by atoms with Crippen LogP contribution in [0, 0.1) is 5.82 Å². The molecule has 2 atom stereocenters. The summed E-state index contributed by atoms with van der Waals surface area (Å²) in [6.07, 6.45) is 5.28. The van der Waals surface area contributed by atoms with Crippen molar-refractivity contribution in [2.75, 3.05) is 12.4 Å². The molecule has 1 amide bonds. The van der Waals surface area contributed by atoms with Crippen LogP contribution in [0.1, 0.15) is 17.5 Å². The van der Waals surface area contributed by atoms with Gasteiger partial charge in [0.05, 0.1) is 28.0 Å². The number of halogens is 2. The monoisotopic (exact) mass is 484 g/mol. The van der Waals surface area contributed by atoms with Crippen LogP contribution in [-0.4, -0.2) is 46.3 Å². The van der Waals surface area contributed by atoms with Crippen molar-refractivity contribution in [2.24, 2.45) is 7.05 Å². The minimum absolute atomic E-state index is 0.146. The second-order valence-electron chi connectivity index (χ2n) is 7.05. The number of hydrogen-bond acceptors (Lipinski definition) is 6. The van der Waals surface area contributed by atoms with Gasteiger partial charge in [0.15, 0.2) is 0 Å². The molecule has 0 saturated carbocycles. The maximum Gasteiger partial charge on any atom is 0.280 e. The van der Waals surface area contributed by atoms with Crippen LogP contribution in [0.15, 0.2) is 36.9 Å². The third-order valence-corrected chi connectivity index (χ3v) is 7.86. The first-order valence-corrected chi connectivity index (χ1v) is 11.7. The van der Waals surface area contributed by atoms with Crippen LogP contribution in [0.4, 0.5) is 10.1 Å². The fourth-order valence-electron chi connectivity index (χ4n) is 3.18. The average molecular weight is 485 g/mol. The van der Waals surface area contributed by atoms with Crippen molar-refractivity contribution in [1.29, 1.82) is 0 Å². The van der Waals surface area contributed by atoms with E-state index in [2.05, 4.69) is 20.0 Å². The second kappa shape index (κ2) is 8.28. The highest BCUT2D eigenvalue weighted by Gasteiger charge is 2.41.